The molecule has 130 valence electrons. The highest BCUT2D eigenvalue weighted by Crippen LogP contribution is 2.27. The third kappa shape index (κ3) is 4.14. The van der Waals surface area contributed by atoms with Crippen LogP contribution in [0, 0.1) is 19.8 Å². The van der Waals surface area contributed by atoms with Crippen LogP contribution in [-0.4, -0.2) is 28.3 Å². The van der Waals surface area contributed by atoms with Gasteiger partial charge in [-0.3, -0.25) is 20.4 Å². The van der Waals surface area contributed by atoms with E-state index in [1.54, 1.807) is 4.90 Å². The minimum atomic E-state index is -0.426. The number of amides is 2. The van der Waals surface area contributed by atoms with Gasteiger partial charge in [-0.05, 0) is 38.1 Å². The standard InChI is InChI=1S/C17H18BrN5O2/c1-10-6-11(2)20-17(19-10)22-21-16(25)12-7-15(24)23(9-12)14-5-3-4-13(18)8-14/h3-6,8,12H,7,9H2,1-2H3,(H,21,25)(H,19,20,22)/t12-/m0/s1. The first kappa shape index (κ1) is 17.3. The molecule has 1 aromatic carbocycles. The molecule has 7 nitrogen and oxygen atoms in total. The van der Waals surface area contributed by atoms with Crippen molar-refractivity contribution in [1.29, 1.82) is 0 Å². The SMILES string of the molecule is Cc1cc(C)nc(NNC(=O)[C@H]2CC(=O)N(c3cccc(Br)c3)C2)n1. The lowest BCUT2D eigenvalue weighted by Crippen LogP contribution is -2.37. The van der Waals surface area contributed by atoms with Crippen molar-refractivity contribution in [3.8, 4) is 0 Å². The number of anilines is 2. The Hall–Kier alpha value is -2.48. The molecule has 0 bridgehead atoms. The second-order valence-electron chi connectivity index (χ2n) is 5.97. The summed E-state index contributed by atoms with van der Waals surface area (Å²) in [6.45, 7) is 4.05. The molecule has 0 radical (unpaired) electrons. The number of hydrazine groups is 1. The minimum absolute atomic E-state index is 0.0686. The van der Waals surface area contributed by atoms with Crippen molar-refractivity contribution in [2.45, 2.75) is 20.3 Å². The van der Waals surface area contributed by atoms with Gasteiger partial charge in [0.2, 0.25) is 17.8 Å². The van der Waals surface area contributed by atoms with Gasteiger partial charge in [-0.1, -0.05) is 22.0 Å². The monoisotopic (exact) mass is 403 g/mol. The largest absolute Gasteiger partial charge is 0.312 e. The van der Waals surface area contributed by atoms with Crippen LogP contribution < -0.4 is 15.8 Å². The van der Waals surface area contributed by atoms with Crippen molar-refractivity contribution < 1.29 is 9.59 Å². The number of aromatic nitrogens is 2. The normalized spacial score (nSPS) is 16.8. The van der Waals surface area contributed by atoms with Crippen molar-refractivity contribution in [2.75, 3.05) is 16.9 Å². The molecule has 0 unspecified atom stereocenters. The Morgan fingerprint density at radius 1 is 1.24 bits per heavy atom. The summed E-state index contributed by atoms with van der Waals surface area (Å²) in [5.41, 5.74) is 7.71. The molecular formula is C17H18BrN5O2. The zero-order valence-electron chi connectivity index (χ0n) is 13.9. The molecule has 2 amide bonds. The van der Waals surface area contributed by atoms with Crippen LogP contribution in [0.3, 0.4) is 0 Å². The molecule has 8 heteroatoms. The minimum Gasteiger partial charge on any atom is -0.312 e. The molecule has 1 aromatic heterocycles. The molecule has 1 atom stereocenters. The van der Waals surface area contributed by atoms with Crippen LogP contribution in [0.2, 0.25) is 0 Å². The fourth-order valence-electron chi connectivity index (χ4n) is 2.78. The van der Waals surface area contributed by atoms with E-state index in [0.717, 1.165) is 21.5 Å². The number of benzene rings is 1. The van der Waals surface area contributed by atoms with Gasteiger partial charge in [0.05, 0.1) is 5.92 Å². The van der Waals surface area contributed by atoms with Crippen molar-refractivity contribution in [2.24, 2.45) is 5.92 Å². The Labute approximate surface area is 153 Å². The lowest BCUT2D eigenvalue weighted by Gasteiger charge is -2.17. The van der Waals surface area contributed by atoms with Crippen LogP contribution in [0.1, 0.15) is 17.8 Å². The van der Waals surface area contributed by atoms with E-state index in [9.17, 15) is 9.59 Å². The third-order valence-electron chi connectivity index (χ3n) is 3.90. The molecule has 1 aliphatic heterocycles. The Bertz CT molecular complexity index is 806. The first-order valence-electron chi connectivity index (χ1n) is 7.86. The van der Waals surface area contributed by atoms with Crippen molar-refractivity contribution in [3.05, 3.63) is 46.2 Å². The molecule has 0 spiro atoms. The smallest absolute Gasteiger partial charge is 0.243 e. The molecule has 0 saturated carbocycles. The van der Waals surface area contributed by atoms with E-state index in [0.29, 0.717) is 12.5 Å². The zero-order valence-corrected chi connectivity index (χ0v) is 15.5. The molecule has 1 saturated heterocycles. The van der Waals surface area contributed by atoms with Gasteiger partial charge < -0.3 is 4.90 Å². The topological polar surface area (TPSA) is 87.2 Å². The van der Waals surface area contributed by atoms with E-state index in [4.69, 9.17) is 0 Å². The number of halogens is 1. The van der Waals surface area contributed by atoms with E-state index < -0.39 is 5.92 Å². The quantitative estimate of drug-likeness (QED) is 0.764. The molecule has 25 heavy (non-hydrogen) atoms. The number of aryl methyl sites for hydroxylation is 2. The zero-order chi connectivity index (χ0) is 18.0. The molecule has 2 heterocycles. The summed E-state index contributed by atoms with van der Waals surface area (Å²) < 4.78 is 0.888. The Balaban J connectivity index is 1.62. The van der Waals surface area contributed by atoms with Gasteiger partial charge in [0.15, 0.2) is 0 Å². The van der Waals surface area contributed by atoms with Crippen LogP contribution in [0.25, 0.3) is 0 Å². The fourth-order valence-corrected chi connectivity index (χ4v) is 3.17. The highest BCUT2D eigenvalue weighted by atomic mass is 79.9. The van der Waals surface area contributed by atoms with Crippen LogP contribution in [0.5, 0.6) is 0 Å². The Kier molecular flexibility index (Phi) is 4.98. The maximum absolute atomic E-state index is 12.4. The van der Waals surface area contributed by atoms with Gasteiger partial charge in [-0.15, -0.1) is 0 Å². The van der Waals surface area contributed by atoms with Gasteiger partial charge in [0.1, 0.15) is 0 Å². The van der Waals surface area contributed by atoms with E-state index in [1.807, 2.05) is 44.2 Å². The van der Waals surface area contributed by atoms with Crippen LogP contribution >= 0.6 is 15.9 Å². The molecule has 3 rings (SSSR count). The number of hydrogen-bond acceptors (Lipinski definition) is 5. The predicted molar refractivity (Wildman–Crippen MR) is 97.9 cm³/mol. The van der Waals surface area contributed by atoms with Gasteiger partial charge in [0.25, 0.3) is 0 Å². The predicted octanol–water partition coefficient (Wildman–Crippen LogP) is 2.35. The summed E-state index contributed by atoms with van der Waals surface area (Å²) in [6, 6.07) is 9.31. The molecule has 1 aliphatic rings. The second kappa shape index (κ2) is 7.18. The summed E-state index contributed by atoms with van der Waals surface area (Å²) in [6.07, 6.45) is 0.174. The van der Waals surface area contributed by atoms with Crippen LogP contribution in [0.4, 0.5) is 11.6 Å². The summed E-state index contributed by atoms with van der Waals surface area (Å²) >= 11 is 3.39. The first-order valence-corrected chi connectivity index (χ1v) is 8.66. The van der Waals surface area contributed by atoms with E-state index in [1.165, 1.54) is 0 Å². The third-order valence-corrected chi connectivity index (χ3v) is 4.39. The van der Waals surface area contributed by atoms with Crippen molar-refractivity contribution in [3.63, 3.8) is 0 Å². The van der Waals surface area contributed by atoms with E-state index in [-0.39, 0.29) is 18.2 Å². The highest BCUT2D eigenvalue weighted by Gasteiger charge is 2.35. The number of nitrogens with zero attached hydrogens (tertiary/aromatic N) is 3. The lowest BCUT2D eigenvalue weighted by molar-refractivity contribution is -0.125. The van der Waals surface area contributed by atoms with Gasteiger partial charge in [-0.2, -0.15) is 0 Å². The van der Waals surface area contributed by atoms with Crippen LogP contribution in [0.15, 0.2) is 34.8 Å². The fraction of sp³-hybridized carbons (Fsp3) is 0.294. The number of rotatable bonds is 4. The number of nitrogens with one attached hydrogen (secondary N) is 2. The van der Waals surface area contributed by atoms with Crippen molar-refractivity contribution in [1.82, 2.24) is 15.4 Å². The summed E-state index contributed by atoms with van der Waals surface area (Å²) in [5, 5.41) is 0. The molecule has 2 aromatic rings. The van der Waals surface area contributed by atoms with E-state index in [2.05, 4.69) is 36.7 Å². The number of carbonyl (C=O) groups is 2. The average Bonchev–Trinajstić information content (AvgIpc) is 2.94. The summed E-state index contributed by atoms with van der Waals surface area (Å²) in [7, 11) is 0. The van der Waals surface area contributed by atoms with Gasteiger partial charge in [0, 0.05) is 34.5 Å². The maximum Gasteiger partial charge on any atom is 0.243 e. The molecule has 1 fully saturated rings. The second-order valence-corrected chi connectivity index (χ2v) is 6.89. The first-order chi connectivity index (χ1) is 11.9. The van der Waals surface area contributed by atoms with Gasteiger partial charge >= 0.3 is 0 Å². The molecule has 2 N–H and O–H groups in total. The number of hydrogen-bond donors (Lipinski definition) is 2. The van der Waals surface area contributed by atoms with Gasteiger partial charge in [-0.25, -0.2) is 9.97 Å². The van der Waals surface area contributed by atoms with Crippen molar-refractivity contribution >= 4 is 39.4 Å². The maximum atomic E-state index is 12.4. The van der Waals surface area contributed by atoms with E-state index >= 15 is 0 Å². The molecular weight excluding hydrogens is 386 g/mol. The number of carbonyl (C=O) groups excluding carboxylic acids is 2. The lowest BCUT2D eigenvalue weighted by atomic mass is 10.1. The summed E-state index contributed by atoms with van der Waals surface area (Å²) in [5.74, 6) is -0.418. The Morgan fingerprint density at radius 2 is 1.96 bits per heavy atom. The molecule has 0 aliphatic carbocycles. The average molecular weight is 404 g/mol. The highest BCUT2D eigenvalue weighted by molar-refractivity contribution is 9.10. The van der Waals surface area contributed by atoms with Crippen LogP contribution in [-0.2, 0) is 9.59 Å². The Morgan fingerprint density at radius 3 is 2.64 bits per heavy atom. The summed E-state index contributed by atoms with van der Waals surface area (Å²) in [4.78, 5) is 34.6.